The Labute approximate surface area is 181 Å². The number of nitrogens with zero attached hydrogens (tertiary/aromatic N) is 3. The fourth-order valence-electron chi connectivity index (χ4n) is 3.03. The number of likely N-dealkylation sites (N-methyl/N-ethyl adjacent to an activating group) is 1. The standard InChI is InChI=1S/C22H25ClN4O3/c1-26(2)7-8-27(15-17-5-3-16(13-24)4-6-17)22(28)25-14-18-11-19(23)21-20(12-18)29-9-10-30-21/h3-6,11-12H,7-10,14-15H2,1-2H3,(H,25,28). The van der Waals surface area contributed by atoms with Gasteiger partial charge in [0.15, 0.2) is 11.5 Å². The Morgan fingerprint density at radius 2 is 1.87 bits per heavy atom. The first-order valence-corrected chi connectivity index (χ1v) is 10.1. The SMILES string of the molecule is CN(C)CCN(Cc1ccc(C#N)cc1)C(=O)NCc1cc(Cl)c2c(c1)OCCO2. The van der Waals surface area contributed by atoms with Crippen LogP contribution in [0.3, 0.4) is 0 Å². The van der Waals surface area contributed by atoms with Crippen LogP contribution in [0.15, 0.2) is 36.4 Å². The summed E-state index contributed by atoms with van der Waals surface area (Å²) < 4.78 is 11.1. The smallest absolute Gasteiger partial charge is 0.318 e. The Balaban J connectivity index is 1.66. The molecule has 0 unspecified atom stereocenters. The molecule has 1 N–H and O–H groups in total. The lowest BCUT2D eigenvalue weighted by atomic mass is 10.1. The molecule has 0 aromatic heterocycles. The van der Waals surface area contributed by atoms with Gasteiger partial charge in [0.1, 0.15) is 13.2 Å². The van der Waals surface area contributed by atoms with Gasteiger partial charge in [0.2, 0.25) is 0 Å². The monoisotopic (exact) mass is 428 g/mol. The Morgan fingerprint density at radius 1 is 1.13 bits per heavy atom. The van der Waals surface area contributed by atoms with Crippen LogP contribution < -0.4 is 14.8 Å². The van der Waals surface area contributed by atoms with Crippen molar-refractivity contribution in [2.24, 2.45) is 0 Å². The molecule has 2 amide bonds. The summed E-state index contributed by atoms with van der Waals surface area (Å²) in [4.78, 5) is 16.7. The van der Waals surface area contributed by atoms with Crippen LogP contribution in [0.1, 0.15) is 16.7 Å². The lowest BCUT2D eigenvalue weighted by Crippen LogP contribution is -2.42. The molecular weight excluding hydrogens is 404 g/mol. The number of fused-ring (bicyclic) bond motifs is 1. The van der Waals surface area contributed by atoms with Gasteiger partial charge in [0, 0.05) is 26.2 Å². The van der Waals surface area contributed by atoms with Crippen molar-refractivity contribution >= 4 is 17.6 Å². The Bertz CT molecular complexity index is 925. The molecule has 3 rings (SSSR count). The number of nitriles is 1. The zero-order chi connectivity index (χ0) is 21.5. The summed E-state index contributed by atoms with van der Waals surface area (Å²) in [6.45, 7) is 3.02. The average Bonchev–Trinajstić information content (AvgIpc) is 2.75. The highest BCUT2D eigenvalue weighted by molar-refractivity contribution is 6.32. The molecule has 158 valence electrons. The third kappa shape index (κ3) is 5.78. The van der Waals surface area contributed by atoms with Gasteiger partial charge in [-0.05, 0) is 49.5 Å². The first kappa shape index (κ1) is 21.8. The lowest BCUT2D eigenvalue weighted by Gasteiger charge is -2.25. The maximum Gasteiger partial charge on any atom is 0.318 e. The number of nitrogens with one attached hydrogen (secondary N) is 1. The van der Waals surface area contributed by atoms with E-state index in [1.54, 1.807) is 23.1 Å². The molecule has 0 fully saturated rings. The van der Waals surface area contributed by atoms with Gasteiger partial charge in [-0.25, -0.2) is 4.79 Å². The number of carbonyl (C=O) groups is 1. The van der Waals surface area contributed by atoms with Crippen LogP contribution in [0.5, 0.6) is 11.5 Å². The molecule has 0 radical (unpaired) electrons. The van der Waals surface area contributed by atoms with Crippen LogP contribution in [0.2, 0.25) is 5.02 Å². The van der Waals surface area contributed by atoms with Gasteiger partial charge in [-0.1, -0.05) is 23.7 Å². The molecule has 8 heteroatoms. The summed E-state index contributed by atoms with van der Waals surface area (Å²) in [6.07, 6.45) is 0. The van der Waals surface area contributed by atoms with E-state index < -0.39 is 0 Å². The number of amides is 2. The van der Waals surface area contributed by atoms with Gasteiger partial charge in [0.05, 0.1) is 16.7 Å². The van der Waals surface area contributed by atoms with Crippen LogP contribution in [-0.4, -0.2) is 56.2 Å². The van der Waals surface area contributed by atoms with Crippen LogP contribution >= 0.6 is 11.6 Å². The van der Waals surface area contributed by atoms with Crippen molar-refractivity contribution in [2.75, 3.05) is 40.4 Å². The van der Waals surface area contributed by atoms with Gasteiger partial charge in [0.25, 0.3) is 0 Å². The summed E-state index contributed by atoms with van der Waals surface area (Å²) in [5, 5.41) is 12.4. The molecule has 2 aromatic rings. The van der Waals surface area contributed by atoms with E-state index in [0.717, 1.165) is 17.7 Å². The first-order valence-electron chi connectivity index (χ1n) is 9.71. The molecule has 1 aliphatic rings. The molecule has 2 aromatic carbocycles. The van der Waals surface area contributed by atoms with Crippen molar-refractivity contribution < 1.29 is 14.3 Å². The van der Waals surface area contributed by atoms with Crippen LogP contribution in [-0.2, 0) is 13.1 Å². The maximum absolute atomic E-state index is 12.9. The van der Waals surface area contributed by atoms with E-state index in [0.29, 0.717) is 54.9 Å². The van der Waals surface area contributed by atoms with Gasteiger partial charge in [-0.3, -0.25) is 0 Å². The number of ether oxygens (including phenoxy) is 2. The summed E-state index contributed by atoms with van der Waals surface area (Å²) in [7, 11) is 3.93. The van der Waals surface area contributed by atoms with Crippen molar-refractivity contribution in [1.82, 2.24) is 15.1 Å². The van der Waals surface area contributed by atoms with Gasteiger partial charge in [-0.2, -0.15) is 5.26 Å². The highest BCUT2D eigenvalue weighted by Crippen LogP contribution is 2.38. The summed E-state index contributed by atoms with van der Waals surface area (Å²) in [5.74, 6) is 1.14. The van der Waals surface area contributed by atoms with E-state index in [1.165, 1.54) is 0 Å². The molecule has 0 atom stereocenters. The zero-order valence-electron chi connectivity index (χ0n) is 17.2. The number of halogens is 1. The quantitative estimate of drug-likeness (QED) is 0.732. The number of hydrogen-bond acceptors (Lipinski definition) is 5. The second kappa shape index (κ2) is 10.2. The molecule has 0 bridgehead atoms. The van der Waals surface area contributed by atoms with E-state index in [1.807, 2.05) is 37.2 Å². The van der Waals surface area contributed by atoms with Crippen molar-refractivity contribution in [2.45, 2.75) is 13.1 Å². The lowest BCUT2D eigenvalue weighted by molar-refractivity contribution is 0.171. The second-order valence-electron chi connectivity index (χ2n) is 7.29. The number of benzene rings is 2. The third-order valence-electron chi connectivity index (χ3n) is 4.66. The van der Waals surface area contributed by atoms with Crippen molar-refractivity contribution in [1.29, 1.82) is 5.26 Å². The molecule has 0 spiro atoms. The van der Waals surface area contributed by atoms with Gasteiger partial charge >= 0.3 is 6.03 Å². The van der Waals surface area contributed by atoms with Crippen molar-refractivity contribution in [3.63, 3.8) is 0 Å². The topological polar surface area (TPSA) is 77.8 Å². The fraction of sp³-hybridized carbons (Fsp3) is 0.364. The third-order valence-corrected chi connectivity index (χ3v) is 4.94. The van der Waals surface area contributed by atoms with Crippen molar-refractivity contribution in [3.8, 4) is 17.6 Å². The highest BCUT2D eigenvalue weighted by atomic mass is 35.5. The van der Waals surface area contributed by atoms with Crippen molar-refractivity contribution in [3.05, 3.63) is 58.1 Å². The zero-order valence-corrected chi connectivity index (χ0v) is 17.9. The largest absolute Gasteiger partial charge is 0.486 e. The summed E-state index contributed by atoms with van der Waals surface area (Å²) in [5.41, 5.74) is 2.40. The van der Waals surface area contributed by atoms with Crippen LogP contribution in [0, 0.1) is 11.3 Å². The number of rotatable bonds is 7. The first-order chi connectivity index (χ1) is 14.5. The number of hydrogen-bond donors (Lipinski definition) is 1. The predicted octanol–water partition coefficient (Wildman–Crippen LogP) is 3.26. The molecule has 0 saturated heterocycles. The molecule has 1 heterocycles. The molecule has 1 aliphatic heterocycles. The maximum atomic E-state index is 12.9. The molecule has 0 saturated carbocycles. The molecule has 7 nitrogen and oxygen atoms in total. The number of urea groups is 1. The molecule has 0 aliphatic carbocycles. The summed E-state index contributed by atoms with van der Waals surface area (Å²) in [6, 6.07) is 12.8. The minimum absolute atomic E-state index is 0.174. The van der Waals surface area contributed by atoms with E-state index in [-0.39, 0.29) is 6.03 Å². The average molecular weight is 429 g/mol. The van der Waals surface area contributed by atoms with E-state index in [9.17, 15) is 4.79 Å². The van der Waals surface area contributed by atoms with E-state index in [2.05, 4.69) is 11.4 Å². The minimum Gasteiger partial charge on any atom is -0.486 e. The summed E-state index contributed by atoms with van der Waals surface area (Å²) >= 11 is 6.29. The Morgan fingerprint density at radius 3 is 2.57 bits per heavy atom. The Hall–Kier alpha value is -2.95. The predicted molar refractivity (Wildman–Crippen MR) is 115 cm³/mol. The normalized spacial score (nSPS) is 12.4. The van der Waals surface area contributed by atoms with Gasteiger partial charge < -0.3 is 24.6 Å². The second-order valence-corrected chi connectivity index (χ2v) is 7.70. The van der Waals surface area contributed by atoms with Gasteiger partial charge in [-0.15, -0.1) is 0 Å². The Kier molecular flexibility index (Phi) is 7.39. The molecular formula is C22H25ClN4O3. The van der Waals surface area contributed by atoms with E-state index >= 15 is 0 Å². The fourth-order valence-corrected chi connectivity index (χ4v) is 3.32. The molecule has 30 heavy (non-hydrogen) atoms. The highest BCUT2D eigenvalue weighted by Gasteiger charge is 2.18. The minimum atomic E-state index is -0.174. The van der Waals surface area contributed by atoms with Crippen LogP contribution in [0.25, 0.3) is 0 Å². The van der Waals surface area contributed by atoms with Crippen LogP contribution in [0.4, 0.5) is 4.79 Å². The number of carbonyl (C=O) groups excluding carboxylic acids is 1. The van der Waals surface area contributed by atoms with E-state index in [4.69, 9.17) is 26.3 Å².